The van der Waals surface area contributed by atoms with Crippen molar-refractivity contribution in [3.05, 3.63) is 35.9 Å². The highest BCUT2D eigenvalue weighted by atomic mass is 16.6. The number of carbonyl (C=O) groups excluding carboxylic acids is 2. The SMILES string of the molecule is N[C@@H](Cc1ccccc1)C(=O)N1CCOC1=O. The summed E-state index contributed by atoms with van der Waals surface area (Å²) in [4.78, 5) is 24.1. The molecule has 1 aliphatic rings. The van der Waals surface area contributed by atoms with Gasteiger partial charge < -0.3 is 10.5 Å². The molecule has 0 bridgehead atoms. The molecule has 1 heterocycles. The first-order chi connectivity index (χ1) is 8.18. The summed E-state index contributed by atoms with van der Waals surface area (Å²) in [6.45, 7) is 0.544. The van der Waals surface area contributed by atoms with Gasteiger partial charge in [0, 0.05) is 0 Å². The standard InChI is InChI=1S/C12H14N2O3/c13-10(8-9-4-2-1-3-5-9)11(15)14-6-7-17-12(14)16/h1-5,10H,6-8,13H2/t10-/m0/s1. The summed E-state index contributed by atoms with van der Waals surface area (Å²) in [7, 11) is 0. The second kappa shape index (κ2) is 4.97. The molecule has 0 aliphatic carbocycles. The number of rotatable bonds is 3. The number of nitrogens with two attached hydrogens (primary N) is 1. The predicted molar refractivity (Wildman–Crippen MR) is 61.2 cm³/mol. The Morgan fingerprint density at radius 3 is 2.71 bits per heavy atom. The number of hydrogen-bond acceptors (Lipinski definition) is 4. The lowest BCUT2D eigenvalue weighted by Crippen LogP contribution is -2.45. The van der Waals surface area contributed by atoms with E-state index in [-0.39, 0.29) is 12.5 Å². The Hall–Kier alpha value is -1.88. The highest BCUT2D eigenvalue weighted by Gasteiger charge is 2.31. The Bertz CT molecular complexity index is 419. The fourth-order valence-electron chi connectivity index (χ4n) is 1.75. The molecule has 2 amide bonds. The number of benzene rings is 1. The van der Waals surface area contributed by atoms with E-state index in [2.05, 4.69) is 0 Å². The smallest absolute Gasteiger partial charge is 0.416 e. The molecule has 0 radical (unpaired) electrons. The van der Waals surface area contributed by atoms with Crippen LogP contribution in [0.25, 0.3) is 0 Å². The van der Waals surface area contributed by atoms with Crippen LogP contribution in [0.1, 0.15) is 5.56 Å². The quantitative estimate of drug-likeness (QED) is 0.828. The number of hydrogen-bond donors (Lipinski definition) is 1. The van der Waals surface area contributed by atoms with Gasteiger partial charge in [0.2, 0.25) is 5.91 Å². The molecule has 2 N–H and O–H groups in total. The molecule has 5 nitrogen and oxygen atoms in total. The van der Waals surface area contributed by atoms with E-state index in [9.17, 15) is 9.59 Å². The normalized spacial score (nSPS) is 16.8. The molecular weight excluding hydrogens is 220 g/mol. The van der Waals surface area contributed by atoms with E-state index in [1.807, 2.05) is 30.3 Å². The van der Waals surface area contributed by atoms with Crippen LogP contribution in [-0.2, 0) is 16.0 Å². The highest BCUT2D eigenvalue weighted by molar-refractivity contribution is 5.95. The van der Waals surface area contributed by atoms with Crippen LogP contribution in [0.5, 0.6) is 0 Å². The van der Waals surface area contributed by atoms with Crippen LogP contribution in [-0.4, -0.2) is 36.1 Å². The first kappa shape index (κ1) is 11.6. The molecule has 0 spiro atoms. The number of cyclic esters (lactones) is 1. The van der Waals surface area contributed by atoms with Crippen molar-refractivity contribution in [2.24, 2.45) is 5.73 Å². The second-order valence-electron chi connectivity index (χ2n) is 3.90. The summed E-state index contributed by atoms with van der Waals surface area (Å²) in [6.07, 6.45) is -0.179. The molecule has 1 aliphatic heterocycles. The molecule has 0 saturated carbocycles. The van der Waals surface area contributed by atoms with Gasteiger partial charge >= 0.3 is 6.09 Å². The Kier molecular flexibility index (Phi) is 3.39. The molecule has 1 aromatic rings. The van der Waals surface area contributed by atoms with Crippen LogP contribution < -0.4 is 5.73 Å². The summed E-state index contributed by atoms with van der Waals surface area (Å²) in [5.74, 6) is -0.378. The van der Waals surface area contributed by atoms with Crippen LogP contribution >= 0.6 is 0 Å². The third-order valence-electron chi connectivity index (χ3n) is 2.64. The molecule has 1 fully saturated rings. The van der Waals surface area contributed by atoms with Crippen LogP contribution in [0.3, 0.4) is 0 Å². The maximum atomic E-state index is 11.9. The van der Waals surface area contributed by atoms with Gasteiger partial charge in [-0.15, -0.1) is 0 Å². The van der Waals surface area contributed by atoms with Gasteiger partial charge in [-0.1, -0.05) is 30.3 Å². The van der Waals surface area contributed by atoms with Crippen LogP contribution in [0.2, 0.25) is 0 Å². The summed E-state index contributed by atoms with van der Waals surface area (Å²) in [5.41, 5.74) is 6.77. The van der Waals surface area contributed by atoms with Crippen LogP contribution in [0.15, 0.2) is 30.3 Å². The van der Waals surface area contributed by atoms with Gasteiger partial charge in [-0.3, -0.25) is 4.79 Å². The minimum atomic E-state index is -0.706. The van der Waals surface area contributed by atoms with E-state index in [1.54, 1.807) is 0 Å². The number of ether oxygens (including phenoxy) is 1. The van der Waals surface area contributed by atoms with Crippen molar-refractivity contribution in [2.45, 2.75) is 12.5 Å². The van der Waals surface area contributed by atoms with E-state index >= 15 is 0 Å². The van der Waals surface area contributed by atoms with Gasteiger partial charge in [-0.25, -0.2) is 9.69 Å². The van der Waals surface area contributed by atoms with Crippen LogP contribution in [0, 0.1) is 0 Å². The van der Waals surface area contributed by atoms with E-state index in [1.165, 1.54) is 0 Å². The lowest BCUT2D eigenvalue weighted by Gasteiger charge is -2.16. The van der Waals surface area contributed by atoms with Gasteiger partial charge in [0.25, 0.3) is 0 Å². The zero-order chi connectivity index (χ0) is 12.3. The third kappa shape index (κ3) is 2.62. The zero-order valence-electron chi connectivity index (χ0n) is 9.33. The number of imide groups is 1. The summed E-state index contributed by atoms with van der Waals surface area (Å²) >= 11 is 0. The van der Waals surface area contributed by atoms with Crippen molar-refractivity contribution >= 4 is 12.0 Å². The molecule has 17 heavy (non-hydrogen) atoms. The fourth-order valence-corrected chi connectivity index (χ4v) is 1.75. The van der Waals surface area contributed by atoms with E-state index in [0.717, 1.165) is 10.5 Å². The largest absolute Gasteiger partial charge is 0.447 e. The molecule has 0 aromatic heterocycles. The minimum Gasteiger partial charge on any atom is -0.447 e. The maximum Gasteiger partial charge on any atom is 0.416 e. The average molecular weight is 234 g/mol. The fraction of sp³-hybridized carbons (Fsp3) is 0.333. The van der Waals surface area contributed by atoms with Crippen molar-refractivity contribution in [1.29, 1.82) is 0 Å². The van der Waals surface area contributed by atoms with Gasteiger partial charge in [-0.2, -0.15) is 0 Å². The topological polar surface area (TPSA) is 72.6 Å². The molecule has 90 valence electrons. The first-order valence-electron chi connectivity index (χ1n) is 5.46. The van der Waals surface area contributed by atoms with Gasteiger partial charge in [0.15, 0.2) is 0 Å². The molecule has 5 heteroatoms. The van der Waals surface area contributed by atoms with Crippen molar-refractivity contribution in [1.82, 2.24) is 4.90 Å². The van der Waals surface area contributed by atoms with Gasteiger partial charge in [-0.05, 0) is 12.0 Å². The Balaban J connectivity index is 1.98. The van der Waals surface area contributed by atoms with Gasteiger partial charge in [0.1, 0.15) is 6.61 Å². The summed E-state index contributed by atoms with van der Waals surface area (Å²) in [6, 6.07) is 8.76. The van der Waals surface area contributed by atoms with E-state index in [0.29, 0.717) is 13.0 Å². The lowest BCUT2D eigenvalue weighted by atomic mass is 10.1. The van der Waals surface area contributed by atoms with Crippen molar-refractivity contribution in [3.63, 3.8) is 0 Å². The average Bonchev–Trinajstić information content (AvgIpc) is 2.76. The predicted octanol–water partition coefficient (Wildman–Crippen LogP) is 0.535. The zero-order valence-corrected chi connectivity index (χ0v) is 9.33. The molecular formula is C12H14N2O3. The van der Waals surface area contributed by atoms with Crippen molar-refractivity contribution in [3.8, 4) is 0 Å². The van der Waals surface area contributed by atoms with E-state index < -0.39 is 12.1 Å². The Morgan fingerprint density at radius 1 is 1.41 bits per heavy atom. The molecule has 1 atom stereocenters. The summed E-state index contributed by atoms with van der Waals surface area (Å²) < 4.78 is 4.70. The molecule has 0 unspecified atom stereocenters. The summed E-state index contributed by atoms with van der Waals surface area (Å²) in [5, 5.41) is 0. The minimum absolute atomic E-state index is 0.253. The van der Waals surface area contributed by atoms with Crippen LogP contribution in [0.4, 0.5) is 4.79 Å². The highest BCUT2D eigenvalue weighted by Crippen LogP contribution is 2.08. The maximum absolute atomic E-state index is 11.9. The molecule has 1 aromatic carbocycles. The van der Waals surface area contributed by atoms with Gasteiger partial charge in [0.05, 0.1) is 12.6 Å². The van der Waals surface area contributed by atoms with Crippen molar-refractivity contribution in [2.75, 3.05) is 13.2 Å². The number of nitrogens with zero attached hydrogens (tertiary/aromatic N) is 1. The number of amides is 2. The van der Waals surface area contributed by atoms with E-state index in [4.69, 9.17) is 10.5 Å². The lowest BCUT2D eigenvalue weighted by molar-refractivity contribution is -0.129. The second-order valence-corrected chi connectivity index (χ2v) is 3.90. The third-order valence-corrected chi connectivity index (χ3v) is 2.64. The molecule has 1 saturated heterocycles. The molecule has 2 rings (SSSR count). The Morgan fingerprint density at radius 2 is 2.12 bits per heavy atom. The van der Waals surface area contributed by atoms with Crippen molar-refractivity contribution < 1.29 is 14.3 Å². The Labute approximate surface area is 99.2 Å². The number of carbonyl (C=O) groups is 2. The first-order valence-corrected chi connectivity index (χ1v) is 5.46. The monoisotopic (exact) mass is 234 g/mol.